The van der Waals surface area contributed by atoms with Gasteiger partial charge < -0.3 is 15.6 Å². The maximum absolute atomic E-state index is 11.9. The fraction of sp³-hybridized carbons (Fsp3) is 0.0909. The largest absolute Gasteiger partial charge is 0.384 e. The van der Waals surface area contributed by atoms with E-state index in [2.05, 4.69) is 9.97 Å². The number of nitrogens with zero attached hydrogens (tertiary/aromatic N) is 2. The van der Waals surface area contributed by atoms with Crippen molar-refractivity contribution >= 4 is 17.4 Å². The highest BCUT2D eigenvalue weighted by atomic mass is 16.2. The van der Waals surface area contributed by atoms with Gasteiger partial charge in [0.2, 0.25) is 0 Å². The summed E-state index contributed by atoms with van der Waals surface area (Å²) in [4.78, 5) is 20.2. The Labute approximate surface area is 92.9 Å². The van der Waals surface area contributed by atoms with Crippen molar-refractivity contribution in [3.63, 3.8) is 0 Å². The molecule has 16 heavy (non-hydrogen) atoms. The number of amides is 1. The number of rotatable bonds is 2. The van der Waals surface area contributed by atoms with Gasteiger partial charge in [0, 0.05) is 13.2 Å². The molecule has 0 radical (unpaired) electrons. The molecule has 3 N–H and O–H groups in total. The van der Waals surface area contributed by atoms with Crippen LogP contribution in [0.1, 0.15) is 10.5 Å². The van der Waals surface area contributed by atoms with Crippen molar-refractivity contribution < 1.29 is 4.79 Å². The van der Waals surface area contributed by atoms with Crippen LogP contribution in [0.4, 0.5) is 11.5 Å². The van der Waals surface area contributed by atoms with Gasteiger partial charge >= 0.3 is 0 Å². The molecule has 0 fully saturated rings. The average molecular weight is 216 g/mol. The van der Waals surface area contributed by atoms with Crippen LogP contribution in [0.25, 0.3) is 0 Å². The third kappa shape index (κ3) is 1.88. The summed E-state index contributed by atoms with van der Waals surface area (Å²) < 4.78 is 0. The zero-order chi connectivity index (χ0) is 11.5. The van der Waals surface area contributed by atoms with Gasteiger partial charge in [-0.2, -0.15) is 0 Å². The molecule has 0 atom stereocenters. The van der Waals surface area contributed by atoms with E-state index in [1.165, 1.54) is 4.90 Å². The number of carbonyl (C=O) groups is 1. The lowest BCUT2D eigenvalue weighted by Crippen LogP contribution is -2.26. The molecule has 0 unspecified atom stereocenters. The van der Waals surface area contributed by atoms with Gasteiger partial charge in [-0.15, -0.1) is 0 Å². The van der Waals surface area contributed by atoms with Crippen LogP contribution < -0.4 is 10.6 Å². The molecule has 0 saturated carbocycles. The van der Waals surface area contributed by atoms with Crippen molar-refractivity contribution in [2.75, 3.05) is 17.7 Å². The summed E-state index contributed by atoms with van der Waals surface area (Å²) in [5, 5.41) is 0. The van der Waals surface area contributed by atoms with Gasteiger partial charge in [-0.05, 0) is 24.3 Å². The van der Waals surface area contributed by atoms with Gasteiger partial charge in [0.05, 0.1) is 11.9 Å². The number of hydrogen-bond donors (Lipinski definition) is 2. The molecule has 2 aromatic rings. The van der Waals surface area contributed by atoms with E-state index in [1.54, 1.807) is 43.7 Å². The Morgan fingerprint density at radius 3 is 2.81 bits per heavy atom. The van der Waals surface area contributed by atoms with Gasteiger partial charge in [0.1, 0.15) is 11.5 Å². The zero-order valence-corrected chi connectivity index (χ0v) is 8.84. The van der Waals surface area contributed by atoms with E-state index in [-0.39, 0.29) is 5.91 Å². The SMILES string of the molecule is CN(C(=O)c1ccc[nH]1)c1ccc(N)nc1. The number of aromatic nitrogens is 2. The average Bonchev–Trinajstić information content (AvgIpc) is 2.81. The van der Waals surface area contributed by atoms with Crippen molar-refractivity contribution in [2.24, 2.45) is 0 Å². The summed E-state index contributed by atoms with van der Waals surface area (Å²) >= 11 is 0. The highest BCUT2D eigenvalue weighted by Gasteiger charge is 2.13. The summed E-state index contributed by atoms with van der Waals surface area (Å²) in [7, 11) is 1.69. The summed E-state index contributed by atoms with van der Waals surface area (Å²) in [6, 6.07) is 6.92. The number of aromatic amines is 1. The quantitative estimate of drug-likeness (QED) is 0.793. The van der Waals surface area contributed by atoms with E-state index < -0.39 is 0 Å². The number of nitrogen functional groups attached to an aromatic ring is 1. The van der Waals surface area contributed by atoms with Crippen LogP contribution in [-0.4, -0.2) is 22.9 Å². The minimum absolute atomic E-state index is 0.114. The molecule has 0 aliphatic rings. The number of anilines is 2. The third-order valence-corrected chi connectivity index (χ3v) is 2.29. The molecule has 0 aliphatic carbocycles. The number of nitrogens with two attached hydrogens (primary N) is 1. The topological polar surface area (TPSA) is 75.0 Å². The Morgan fingerprint density at radius 1 is 1.44 bits per heavy atom. The minimum Gasteiger partial charge on any atom is -0.384 e. The fourth-order valence-corrected chi connectivity index (χ4v) is 1.36. The van der Waals surface area contributed by atoms with Crippen LogP contribution in [0, 0.1) is 0 Å². The molecule has 2 rings (SSSR count). The number of nitrogens with one attached hydrogen (secondary N) is 1. The van der Waals surface area contributed by atoms with Crippen LogP contribution >= 0.6 is 0 Å². The normalized spacial score (nSPS) is 10.1. The second-order valence-electron chi connectivity index (χ2n) is 3.39. The van der Waals surface area contributed by atoms with Gasteiger partial charge in [-0.3, -0.25) is 4.79 Å². The Balaban J connectivity index is 2.22. The van der Waals surface area contributed by atoms with E-state index in [0.717, 1.165) is 0 Å². The highest BCUT2D eigenvalue weighted by molar-refractivity contribution is 6.04. The first kappa shape index (κ1) is 10.2. The Kier molecular flexibility index (Phi) is 2.59. The number of carbonyl (C=O) groups excluding carboxylic acids is 1. The van der Waals surface area contributed by atoms with Gasteiger partial charge in [-0.25, -0.2) is 4.98 Å². The molecular weight excluding hydrogens is 204 g/mol. The van der Waals surface area contributed by atoms with Crippen LogP contribution in [0.2, 0.25) is 0 Å². The van der Waals surface area contributed by atoms with E-state index in [0.29, 0.717) is 17.2 Å². The Bertz CT molecular complexity index is 475. The molecule has 2 aromatic heterocycles. The van der Waals surface area contributed by atoms with E-state index in [1.807, 2.05) is 0 Å². The molecule has 0 spiro atoms. The van der Waals surface area contributed by atoms with E-state index >= 15 is 0 Å². The van der Waals surface area contributed by atoms with Crippen LogP contribution in [0.5, 0.6) is 0 Å². The number of H-pyrrole nitrogens is 1. The second kappa shape index (κ2) is 4.06. The monoisotopic (exact) mass is 216 g/mol. The number of pyridine rings is 1. The second-order valence-corrected chi connectivity index (χ2v) is 3.39. The molecule has 1 amide bonds. The number of hydrogen-bond acceptors (Lipinski definition) is 3. The van der Waals surface area contributed by atoms with Crippen LogP contribution in [0.15, 0.2) is 36.7 Å². The lowest BCUT2D eigenvalue weighted by Gasteiger charge is -2.15. The van der Waals surface area contributed by atoms with Crippen LogP contribution in [-0.2, 0) is 0 Å². The summed E-state index contributed by atoms with van der Waals surface area (Å²) in [5.41, 5.74) is 6.72. The summed E-state index contributed by atoms with van der Waals surface area (Å²) in [6.07, 6.45) is 3.28. The van der Waals surface area contributed by atoms with Gasteiger partial charge in [-0.1, -0.05) is 0 Å². The van der Waals surface area contributed by atoms with Crippen molar-refractivity contribution in [1.82, 2.24) is 9.97 Å². The fourth-order valence-electron chi connectivity index (χ4n) is 1.36. The molecule has 5 nitrogen and oxygen atoms in total. The molecule has 0 bridgehead atoms. The third-order valence-electron chi connectivity index (χ3n) is 2.29. The lowest BCUT2D eigenvalue weighted by molar-refractivity contribution is 0.0989. The maximum Gasteiger partial charge on any atom is 0.274 e. The minimum atomic E-state index is -0.114. The van der Waals surface area contributed by atoms with Crippen molar-refractivity contribution in [2.45, 2.75) is 0 Å². The van der Waals surface area contributed by atoms with Crippen molar-refractivity contribution in [3.8, 4) is 0 Å². The lowest BCUT2D eigenvalue weighted by atomic mass is 10.3. The predicted octanol–water partition coefficient (Wildman–Crippen LogP) is 1.27. The van der Waals surface area contributed by atoms with Crippen molar-refractivity contribution in [1.29, 1.82) is 0 Å². The zero-order valence-electron chi connectivity index (χ0n) is 8.84. The van der Waals surface area contributed by atoms with E-state index in [9.17, 15) is 4.79 Å². The van der Waals surface area contributed by atoms with Gasteiger partial charge in [0.25, 0.3) is 5.91 Å². The molecule has 0 aliphatic heterocycles. The molecule has 82 valence electrons. The Hall–Kier alpha value is -2.30. The summed E-state index contributed by atoms with van der Waals surface area (Å²) in [6.45, 7) is 0. The standard InChI is InChI=1S/C11H12N4O/c1-15(8-4-5-10(12)14-7-8)11(16)9-3-2-6-13-9/h2-7,13H,1H3,(H2,12,14). The molecule has 5 heteroatoms. The first-order valence-electron chi connectivity index (χ1n) is 4.81. The smallest absolute Gasteiger partial charge is 0.274 e. The molecule has 0 saturated heterocycles. The van der Waals surface area contributed by atoms with Crippen LogP contribution in [0.3, 0.4) is 0 Å². The maximum atomic E-state index is 11.9. The first-order chi connectivity index (χ1) is 7.68. The first-order valence-corrected chi connectivity index (χ1v) is 4.81. The summed E-state index contributed by atoms with van der Waals surface area (Å²) in [5.74, 6) is 0.320. The van der Waals surface area contributed by atoms with E-state index in [4.69, 9.17) is 5.73 Å². The Morgan fingerprint density at radius 2 is 2.25 bits per heavy atom. The predicted molar refractivity (Wildman–Crippen MR) is 62.2 cm³/mol. The molecule has 2 heterocycles. The molecule has 0 aromatic carbocycles. The molecular formula is C11H12N4O. The van der Waals surface area contributed by atoms with Gasteiger partial charge in [0.15, 0.2) is 0 Å². The highest BCUT2D eigenvalue weighted by Crippen LogP contribution is 2.14. The van der Waals surface area contributed by atoms with Crippen molar-refractivity contribution in [3.05, 3.63) is 42.4 Å².